The molecule has 6 heterocycles. The number of carbonyl (C=O) groups is 4. The largest absolute Gasteiger partial charge is 0.489 e. The van der Waals surface area contributed by atoms with Crippen LogP contribution in [0.4, 0.5) is 21.6 Å². The van der Waals surface area contributed by atoms with Crippen LogP contribution in [0.1, 0.15) is 85.4 Å². The Labute approximate surface area is 354 Å². The smallest absolute Gasteiger partial charge is 0.256 e. The SMILES string of the molecule is [C-]#[N+]c1ccc(OC2C(C)(C)C(N3Cc4nc(N5CCC(CN6CCN(c7cc8c(cc7F)CN(C7CCC(=O)NC7=O)C8=O)CC6)CC5)ccc4C3=O)C2(C)C)cc1Cl. The van der Waals surface area contributed by atoms with Crippen LogP contribution in [0.3, 0.4) is 0 Å². The molecule has 1 unspecified atom stereocenters. The molecule has 3 aromatic rings. The molecular weight excluding hydrogens is 787 g/mol. The first-order valence-corrected chi connectivity index (χ1v) is 21.4. The number of piperazine rings is 1. The summed E-state index contributed by atoms with van der Waals surface area (Å²) in [5.41, 5.74) is 2.54. The van der Waals surface area contributed by atoms with Crippen molar-refractivity contribution in [2.45, 2.75) is 84.7 Å². The molecule has 2 aromatic carbocycles. The number of ether oxygens (including phenoxy) is 1. The van der Waals surface area contributed by atoms with Crippen LogP contribution < -0.4 is 19.9 Å². The van der Waals surface area contributed by atoms with E-state index in [-0.39, 0.29) is 65.9 Å². The number of nitrogens with one attached hydrogen (secondary N) is 1. The number of rotatable bonds is 8. The predicted molar refractivity (Wildman–Crippen MR) is 224 cm³/mol. The van der Waals surface area contributed by atoms with Gasteiger partial charge in [-0.3, -0.25) is 29.4 Å². The van der Waals surface area contributed by atoms with Gasteiger partial charge in [-0.1, -0.05) is 45.4 Å². The van der Waals surface area contributed by atoms with Crippen molar-refractivity contribution in [3.63, 3.8) is 0 Å². The summed E-state index contributed by atoms with van der Waals surface area (Å²) in [6.45, 7) is 22.0. The number of piperidine rings is 2. The summed E-state index contributed by atoms with van der Waals surface area (Å²) in [7, 11) is 0. The van der Waals surface area contributed by atoms with Gasteiger partial charge in [0.25, 0.3) is 11.8 Å². The zero-order chi connectivity index (χ0) is 42.2. The second kappa shape index (κ2) is 15.0. The van der Waals surface area contributed by atoms with Crippen LogP contribution in [-0.2, 0) is 22.7 Å². The Hall–Kier alpha value is -5.26. The Bertz CT molecular complexity index is 2320. The van der Waals surface area contributed by atoms with Crippen molar-refractivity contribution < 1.29 is 28.3 Å². The molecule has 314 valence electrons. The molecule has 6 aliphatic rings. The van der Waals surface area contributed by atoms with Crippen LogP contribution in [-0.4, -0.2) is 107 Å². The fourth-order valence-electron chi connectivity index (χ4n) is 11.3. The fourth-order valence-corrected chi connectivity index (χ4v) is 11.5. The standard InChI is InChI=1S/C45H50ClFN8O5/c1-44(2)42(45(3,4)43(44)60-28-6-8-33(48-5)31(46)21-28)55-25-34-29(40(55)58)7-10-37(49-34)53-14-12-26(13-15-53)23-51-16-18-52(19-17-51)36-22-30-27(20-32(36)47)24-54(41(30)59)35-9-11-38(56)50-39(35)57/h6-8,10,20-22,26,35,42-43H,9,11-19,23-25H2,1-4H3,(H,50,56,57). The normalized spacial score (nSPS) is 25.2. The van der Waals surface area contributed by atoms with E-state index >= 15 is 4.39 Å². The average Bonchev–Trinajstić information content (AvgIpc) is 3.70. The van der Waals surface area contributed by atoms with Crippen LogP contribution in [0.2, 0.25) is 5.02 Å². The number of nitrogens with zero attached hydrogens (tertiary/aromatic N) is 7. The van der Waals surface area contributed by atoms with E-state index in [0.717, 1.165) is 57.1 Å². The van der Waals surface area contributed by atoms with Crippen molar-refractivity contribution in [2.24, 2.45) is 16.7 Å². The zero-order valence-corrected chi connectivity index (χ0v) is 35.2. The molecule has 15 heteroatoms. The number of amides is 4. The van der Waals surface area contributed by atoms with Crippen molar-refractivity contribution in [1.29, 1.82) is 0 Å². The molecule has 1 N–H and O–H groups in total. The Morgan fingerprint density at radius 3 is 2.27 bits per heavy atom. The first-order chi connectivity index (χ1) is 28.6. The Kier molecular flexibility index (Phi) is 10.1. The van der Waals surface area contributed by atoms with Gasteiger partial charge >= 0.3 is 0 Å². The maximum atomic E-state index is 15.5. The monoisotopic (exact) mass is 836 g/mol. The lowest BCUT2D eigenvalue weighted by Crippen LogP contribution is -2.74. The van der Waals surface area contributed by atoms with Gasteiger partial charge in [0.05, 0.1) is 35.1 Å². The van der Waals surface area contributed by atoms with Crippen molar-refractivity contribution in [3.05, 3.63) is 87.1 Å². The first-order valence-electron chi connectivity index (χ1n) is 21.0. The highest BCUT2D eigenvalue weighted by Crippen LogP contribution is 2.59. The summed E-state index contributed by atoms with van der Waals surface area (Å²) >= 11 is 6.31. The third-order valence-corrected chi connectivity index (χ3v) is 14.2. The number of carbonyl (C=O) groups excluding carboxylic acids is 4. The lowest BCUT2D eigenvalue weighted by Gasteiger charge is -2.65. The molecule has 9 rings (SSSR count). The van der Waals surface area contributed by atoms with Crippen molar-refractivity contribution >= 4 is 52.4 Å². The zero-order valence-electron chi connectivity index (χ0n) is 34.5. The van der Waals surface area contributed by atoms with Gasteiger partial charge in [-0.25, -0.2) is 14.2 Å². The minimum absolute atomic E-state index is 0.000681. The van der Waals surface area contributed by atoms with Gasteiger partial charge in [0.1, 0.15) is 29.5 Å². The van der Waals surface area contributed by atoms with E-state index in [1.165, 1.54) is 11.0 Å². The van der Waals surface area contributed by atoms with E-state index in [1.807, 2.05) is 21.9 Å². The maximum Gasteiger partial charge on any atom is 0.256 e. The van der Waals surface area contributed by atoms with Gasteiger partial charge < -0.3 is 24.3 Å². The average molecular weight is 837 g/mol. The van der Waals surface area contributed by atoms with Gasteiger partial charge in [-0.05, 0) is 67.1 Å². The number of halogens is 2. The number of pyridine rings is 1. The molecule has 0 radical (unpaired) electrons. The summed E-state index contributed by atoms with van der Waals surface area (Å²) in [6.07, 6.45) is 2.30. The Balaban J connectivity index is 0.769. The number of imide groups is 1. The molecule has 60 heavy (non-hydrogen) atoms. The summed E-state index contributed by atoms with van der Waals surface area (Å²) < 4.78 is 22.0. The van der Waals surface area contributed by atoms with Crippen molar-refractivity contribution in [1.82, 2.24) is 25.0 Å². The van der Waals surface area contributed by atoms with E-state index in [2.05, 4.69) is 47.7 Å². The third kappa shape index (κ3) is 6.83. The number of aromatic nitrogens is 1. The second-order valence-corrected chi connectivity index (χ2v) is 18.9. The lowest BCUT2D eigenvalue weighted by atomic mass is 9.49. The minimum Gasteiger partial charge on any atom is -0.489 e. The molecular formula is C45H50ClFN8O5. The molecule has 1 saturated carbocycles. The number of hydrogen-bond acceptors (Lipinski definition) is 9. The molecule has 0 bridgehead atoms. The molecule has 5 aliphatic heterocycles. The summed E-state index contributed by atoms with van der Waals surface area (Å²) in [6, 6.07) is 11.3. The van der Waals surface area contributed by atoms with Crippen molar-refractivity contribution in [3.8, 4) is 5.75 Å². The van der Waals surface area contributed by atoms with Crippen LogP contribution in [0, 0.1) is 29.1 Å². The Morgan fingerprint density at radius 2 is 1.58 bits per heavy atom. The summed E-state index contributed by atoms with van der Waals surface area (Å²) in [5.74, 6) is 0.545. The van der Waals surface area contributed by atoms with Crippen LogP contribution in [0.5, 0.6) is 5.75 Å². The molecule has 1 aromatic heterocycles. The van der Waals surface area contributed by atoms with Crippen LogP contribution >= 0.6 is 11.6 Å². The van der Waals surface area contributed by atoms with Gasteiger partial charge in [0, 0.05) is 81.2 Å². The second-order valence-electron chi connectivity index (χ2n) is 18.4. The van der Waals surface area contributed by atoms with Gasteiger partial charge in [0.2, 0.25) is 17.5 Å². The maximum absolute atomic E-state index is 15.5. The van der Waals surface area contributed by atoms with Gasteiger partial charge in [0.15, 0.2) is 0 Å². The first kappa shape index (κ1) is 40.2. The van der Waals surface area contributed by atoms with Gasteiger partial charge in [-0.2, -0.15) is 0 Å². The van der Waals surface area contributed by atoms with E-state index in [9.17, 15) is 19.2 Å². The molecule has 1 atom stereocenters. The van der Waals surface area contributed by atoms with Crippen LogP contribution in [0.15, 0.2) is 42.5 Å². The molecule has 4 amide bonds. The van der Waals surface area contributed by atoms with E-state index in [4.69, 9.17) is 27.9 Å². The lowest BCUT2D eigenvalue weighted by molar-refractivity contribution is -0.199. The highest BCUT2D eigenvalue weighted by atomic mass is 35.5. The van der Waals surface area contributed by atoms with Crippen molar-refractivity contribution in [2.75, 3.05) is 55.6 Å². The predicted octanol–water partition coefficient (Wildman–Crippen LogP) is 6.06. The van der Waals surface area contributed by atoms with Crippen LogP contribution in [0.25, 0.3) is 4.85 Å². The number of benzene rings is 2. The van der Waals surface area contributed by atoms with E-state index in [1.54, 1.807) is 24.3 Å². The quantitative estimate of drug-likeness (QED) is 0.213. The Morgan fingerprint density at radius 1 is 0.867 bits per heavy atom. The molecule has 13 nitrogen and oxygen atoms in total. The molecule has 4 fully saturated rings. The fraction of sp³-hybridized carbons (Fsp3) is 0.511. The van der Waals surface area contributed by atoms with Gasteiger partial charge in [-0.15, -0.1) is 0 Å². The minimum atomic E-state index is -0.732. The molecule has 3 saturated heterocycles. The number of anilines is 2. The highest BCUT2D eigenvalue weighted by molar-refractivity contribution is 6.33. The molecule has 0 spiro atoms. The van der Waals surface area contributed by atoms with E-state index < -0.39 is 11.9 Å². The topological polar surface area (TPSA) is 123 Å². The number of fused-ring (bicyclic) bond motifs is 2. The molecule has 1 aliphatic carbocycles. The van der Waals surface area contributed by atoms with E-state index in [0.29, 0.717) is 64.4 Å². The number of hydrogen-bond donors (Lipinski definition) is 1. The highest BCUT2D eigenvalue weighted by Gasteiger charge is 2.67. The third-order valence-electron chi connectivity index (χ3n) is 13.9. The summed E-state index contributed by atoms with van der Waals surface area (Å²) in [5, 5.41) is 2.67. The summed E-state index contributed by atoms with van der Waals surface area (Å²) in [4.78, 5) is 70.1.